The Morgan fingerprint density at radius 3 is 2.28 bits per heavy atom. The van der Waals surface area contributed by atoms with E-state index in [9.17, 15) is 9.59 Å². The standard InChI is InChI=1S/C13H25NO4/c1-5-6-7-8-9-18-12(17)14-10(11(15)16)13(2,3)4/h10H,5-9H2,1-4H3,(H,14,17)(H,15,16)/t10-/m1/s1. The van der Waals surface area contributed by atoms with Crippen LogP contribution in [0.4, 0.5) is 4.79 Å². The van der Waals surface area contributed by atoms with Crippen LogP contribution >= 0.6 is 0 Å². The van der Waals surface area contributed by atoms with E-state index in [0.717, 1.165) is 25.7 Å². The number of alkyl carbamates (subject to hydrolysis) is 1. The molecule has 0 aliphatic heterocycles. The lowest BCUT2D eigenvalue weighted by Gasteiger charge is -2.27. The van der Waals surface area contributed by atoms with Crippen LogP contribution in [0, 0.1) is 5.41 Å². The van der Waals surface area contributed by atoms with Gasteiger partial charge in [0.1, 0.15) is 6.04 Å². The van der Waals surface area contributed by atoms with Crippen LogP contribution in [0.1, 0.15) is 53.4 Å². The third kappa shape index (κ3) is 7.14. The second kappa shape index (κ2) is 7.95. The SMILES string of the molecule is CCCCCCOC(=O)N[C@H](C(=O)O)C(C)(C)C. The molecule has 106 valence electrons. The number of amides is 1. The second-order valence-electron chi connectivity index (χ2n) is 5.48. The van der Waals surface area contributed by atoms with Gasteiger partial charge in [-0.25, -0.2) is 9.59 Å². The molecule has 0 aromatic carbocycles. The molecular weight excluding hydrogens is 234 g/mol. The molecule has 0 rings (SSSR count). The van der Waals surface area contributed by atoms with E-state index in [-0.39, 0.29) is 0 Å². The van der Waals surface area contributed by atoms with E-state index in [1.54, 1.807) is 20.8 Å². The number of nitrogens with one attached hydrogen (secondary N) is 1. The molecular formula is C13H25NO4. The van der Waals surface area contributed by atoms with Crippen molar-refractivity contribution in [2.24, 2.45) is 5.41 Å². The monoisotopic (exact) mass is 259 g/mol. The normalized spacial score (nSPS) is 12.9. The maximum atomic E-state index is 11.4. The van der Waals surface area contributed by atoms with Gasteiger partial charge in [-0.05, 0) is 11.8 Å². The maximum absolute atomic E-state index is 11.4. The van der Waals surface area contributed by atoms with Crippen molar-refractivity contribution in [3.63, 3.8) is 0 Å². The first-order valence-corrected chi connectivity index (χ1v) is 6.45. The zero-order chi connectivity index (χ0) is 14.2. The summed E-state index contributed by atoms with van der Waals surface area (Å²) in [5, 5.41) is 11.4. The molecule has 18 heavy (non-hydrogen) atoms. The Kier molecular flexibility index (Phi) is 7.39. The Morgan fingerprint density at radius 1 is 1.22 bits per heavy atom. The van der Waals surface area contributed by atoms with Crippen molar-refractivity contribution in [1.29, 1.82) is 0 Å². The molecule has 0 aliphatic carbocycles. The van der Waals surface area contributed by atoms with Crippen LogP contribution in [-0.2, 0) is 9.53 Å². The molecule has 2 N–H and O–H groups in total. The van der Waals surface area contributed by atoms with Gasteiger partial charge in [0, 0.05) is 0 Å². The number of unbranched alkanes of at least 4 members (excludes halogenated alkanes) is 3. The first kappa shape index (κ1) is 16.7. The van der Waals surface area contributed by atoms with Crippen LogP contribution in [0.3, 0.4) is 0 Å². The van der Waals surface area contributed by atoms with Crippen molar-refractivity contribution in [1.82, 2.24) is 5.32 Å². The van der Waals surface area contributed by atoms with Gasteiger partial charge in [-0.15, -0.1) is 0 Å². The highest BCUT2D eigenvalue weighted by molar-refractivity contribution is 5.80. The predicted octanol–water partition coefficient (Wildman–Crippen LogP) is 2.79. The van der Waals surface area contributed by atoms with Crippen LogP contribution in [-0.4, -0.2) is 29.8 Å². The predicted molar refractivity (Wildman–Crippen MR) is 69.5 cm³/mol. The third-order valence-electron chi connectivity index (χ3n) is 2.61. The number of hydrogen-bond donors (Lipinski definition) is 2. The van der Waals surface area contributed by atoms with Crippen molar-refractivity contribution in [3.05, 3.63) is 0 Å². The minimum Gasteiger partial charge on any atom is -0.480 e. The summed E-state index contributed by atoms with van der Waals surface area (Å²) >= 11 is 0. The molecule has 0 spiro atoms. The fourth-order valence-corrected chi connectivity index (χ4v) is 1.50. The minimum absolute atomic E-state index is 0.336. The van der Waals surface area contributed by atoms with Gasteiger partial charge >= 0.3 is 12.1 Å². The number of carboxylic acids is 1. The lowest BCUT2D eigenvalue weighted by molar-refractivity contribution is -0.142. The van der Waals surface area contributed by atoms with Crippen LogP contribution < -0.4 is 5.32 Å². The van der Waals surface area contributed by atoms with E-state index >= 15 is 0 Å². The van der Waals surface area contributed by atoms with E-state index in [1.807, 2.05) is 0 Å². The molecule has 5 heteroatoms. The second-order valence-corrected chi connectivity index (χ2v) is 5.48. The van der Waals surface area contributed by atoms with E-state index in [2.05, 4.69) is 12.2 Å². The quantitative estimate of drug-likeness (QED) is 0.689. The number of carbonyl (C=O) groups is 2. The van der Waals surface area contributed by atoms with Gasteiger partial charge in [-0.2, -0.15) is 0 Å². The summed E-state index contributed by atoms with van der Waals surface area (Å²) in [5.74, 6) is -1.05. The van der Waals surface area contributed by atoms with Gasteiger partial charge < -0.3 is 15.2 Å². The van der Waals surface area contributed by atoms with Crippen LogP contribution in [0.5, 0.6) is 0 Å². The summed E-state index contributed by atoms with van der Waals surface area (Å²) in [6.07, 6.45) is 3.41. The van der Waals surface area contributed by atoms with Crippen molar-refractivity contribution in [3.8, 4) is 0 Å². The largest absolute Gasteiger partial charge is 0.480 e. The number of rotatable bonds is 7. The van der Waals surface area contributed by atoms with Gasteiger partial charge in [0.05, 0.1) is 6.61 Å². The zero-order valence-corrected chi connectivity index (χ0v) is 11.8. The van der Waals surface area contributed by atoms with Gasteiger partial charge in [0.15, 0.2) is 0 Å². The molecule has 0 aromatic rings. The Bertz CT molecular complexity index is 271. The summed E-state index contributed by atoms with van der Waals surface area (Å²) in [6, 6.07) is -0.944. The highest BCUT2D eigenvalue weighted by Gasteiger charge is 2.32. The van der Waals surface area contributed by atoms with E-state index in [1.165, 1.54) is 0 Å². The fraction of sp³-hybridized carbons (Fsp3) is 0.846. The molecule has 0 unspecified atom stereocenters. The van der Waals surface area contributed by atoms with E-state index in [4.69, 9.17) is 9.84 Å². The Hall–Kier alpha value is -1.26. The molecule has 0 aromatic heterocycles. The molecule has 5 nitrogen and oxygen atoms in total. The van der Waals surface area contributed by atoms with E-state index < -0.39 is 23.5 Å². The molecule has 1 atom stereocenters. The molecule has 0 saturated heterocycles. The summed E-state index contributed by atoms with van der Waals surface area (Å²) < 4.78 is 4.95. The highest BCUT2D eigenvalue weighted by atomic mass is 16.5. The number of carboxylic acid groups (broad SMARTS) is 1. The first-order chi connectivity index (χ1) is 8.29. The number of hydrogen-bond acceptors (Lipinski definition) is 3. The third-order valence-corrected chi connectivity index (χ3v) is 2.61. The van der Waals surface area contributed by atoms with Gasteiger partial charge in [-0.3, -0.25) is 0 Å². The lowest BCUT2D eigenvalue weighted by atomic mass is 9.87. The summed E-state index contributed by atoms with van der Waals surface area (Å²) in [4.78, 5) is 22.5. The summed E-state index contributed by atoms with van der Waals surface area (Å²) in [5.41, 5.74) is -0.549. The van der Waals surface area contributed by atoms with Crippen LogP contribution in [0.15, 0.2) is 0 Å². The lowest BCUT2D eigenvalue weighted by Crippen LogP contribution is -2.49. The highest BCUT2D eigenvalue weighted by Crippen LogP contribution is 2.19. The zero-order valence-electron chi connectivity index (χ0n) is 11.8. The summed E-state index contributed by atoms with van der Waals surface area (Å²) in [7, 11) is 0. The average Bonchev–Trinajstić information content (AvgIpc) is 2.23. The molecule has 0 fully saturated rings. The number of aliphatic carboxylic acids is 1. The van der Waals surface area contributed by atoms with Crippen molar-refractivity contribution in [2.75, 3.05) is 6.61 Å². The molecule has 0 radical (unpaired) electrons. The van der Waals surface area contributed by atoms with Crippen molar-refractivity contribution < 1.29 is 19.4 Å². The molecule has 0 heterocycles. The van der Waals surface area contributed by atoms with Gasteiger partial charge in [-0.1, -0.05) is 47.0 Å². The topological polar surface area (TPSA) is 75.6 Å². The van der Waals surface area contributed by atoms with Crippen LogP contribution in [0.2, 0.25) is 0 Å². The minimum atomic E-state index is -1.05. The number of ether oxygens (including phenoxy) is 1. The van der Waals surface area contributed by atoms with Crippen molar-refractivity contribution >= 4 is 12.1 Å². The fourth-order valence-electron chi connectivity index (χ4n) is 1.50. The molecule has 0 bridgehead atoms. The molecule has 0 aliphatic rings. The van der Waals surface area contributed by atoms with Gasteiger partial charge in [0.2, 0.25) is 0 Å². The Labute approximate surface area is 109 Å². The Morgan fingerprint density at radius 2 is 1.83 bits per heavy atom. The number of carbonyl (C=O) groups excluding carboxylic acids is 1. The van der Waals surface area contributed by atoms with E-state index in [0.29, 0.717) is 6.61 Å². The molecule has 0 saturated carbocycles. The maximum Gasteiger partial charge on any atom is 0.407 e. The van der Waals surface area contributed by atoms with Crippen molar-refractivity contribution in [2.45, 2.75) is 59.4 Å². The molecule has 1 amide bonds. The van der Waals surface area contributed by atoms with Crippen LogP contribution in [0.25, 0.3) is 0 Å². The van der Waals surface area contributed by atoms with Gasteiger partial charge in [0.25, 0.3) is 0 Å². The smallest absolute Gasteiger partial charge is 0.407 e. The Balaban J connectivity index is 4.01. The first-order valence-electron chi connectivity index (χ1n) is 6.45. The summed E-state index contributed by atoms with van der Waals surface area (Å²) in [6.45, 7) is 7.71. The average molecular weight is 259 g/mol.